The number of rotatable bonds is 4. The topological polar surface area (TPSA) is 137 Å². The van der Waals surface area contributed by atoms with E-state index in [0.717, 1.165) is 4.57 Å². The number of nitrogens with zero attached hydrogens (tertiary/aromatic N) is 2. The van der Waals surface area contributed by atoms with Gasteiger partial charge >= 0.3 is 13.9 Å². The van der Waals surface area contributed by atoms with Gasteiger partial charge in [0, 0.05) is 6.20 Å². The summed E-state index contributed by atoms with van der Waals surface area (Å²) in [5, 5.41) is 9.08. The lowest BCUT2D eigenvalue weighted by Gasteiger charge is -2.16. The van der Waals surface area contributed by atoms with Crippen molar-refractivity contribution < 1.29 is 28.2 Å². The van der Waals surface area contributed by atoms with Crippen molar-refractivity contribution in [3.63, 3.8) is 0 Å². The molecule has 0 saturated carbocycles. The molecular formula is C9H13FN3O6P. The van der Waals surface area contributed by atoms with Crippen LogP contribution in [0.1, 0.15) is 6.23 Å². The highest BCUT2D eigenvalue weighted by Crippen LogP contribution is 2.36. The minimum absolute atomic E-state index is 0.0356. The van der Waals surface area contributed by atoms with Crippen LogP contribution in [0.25, 0.3) is 0 Å². The van der Waals surface area contributed by atoms with Gasteiger partial charge in [0.25, 0.3) is 0 Å². The van der Waals surface area contributed by atoms with Gasteiger partial charge in [-0.1, -0.05) is 0 Å². The number of anilines is 1. The minimum Gasteiger partial charge on any atom is -0.394 e. The van der Waals surface area contributed by atoms with E-state index >= 15 is 0 Å². The molecule has 2 heterocycles. The summed E-state index contributed by atoms with van der Waals surface area (Å²) in [6, 6.07) is 1.27. The molecule has 0 bridgehead atoms. The van der Waals surface area contributed by atoms with Crippen LogP contribution in [0.5, 0.6) is 0 Å². The zero-order valence-corrected chi connectivity index (χ0v) is 11.0. The summed E-state index contributed by atoms with van der Waals surface area (Å²) < 4.78 is 35.4. The second-order valence-corrected chi connectivity index (χ2v) is 4.85. The summed E-state index contributed by atoms with van der Waals surface area (Å²) >= 11 is 0. The van der Waals surface area contributed by atoms with Gasteiger partial charge in [-0.3, -0.25) is 9.13 Å². The van der Waals surface area contributed by atoms with Crippen molar-refractivity contribution in [2.24, 2.45) is 0 Å². The third kappa shape index (κ3) is 2.89. The van der Waals surface area contributed by atoms with Crippen molar-refractivity contribution in [3.05, 3.63) is 22.7 Å². The molecule has 20 heavy (non-hydrogen) atoms. The minimum atomic E-state index is -3.42. The lowest BCUT2D eigenvalue weighted by atomic mass is 10.1. The Kier molecular flexibility index (Phi) is 4.51. The molecule has 5 atom stereocenters. The number of aromatic nitrogens is 2. The summed E-state index contributed by atoms with van der Waals surface area (Å²) in [5.74, 6) is -0.0356. The van der Waals surface area contributed by atoms with Crippen LogP contribution in [0.3, 0.4) is 0 Å². The van der Waals surface area contributed by atoms with E-state index < -0.39 is 45.2 Å². The number of halogens is 1. The van der Waals surface area contributed by atoms with Crippen molar-refractivity contribution in [2.45, 2.75) is 24.6 Å². The van der Waals surface area contributed by atoms with Crippen molar-refractivity contribution in [1.82, 2.24) is 9.55 Å². The summed E-state index contributed by atoms with van der Waals surface area (Å²) in [5.41, 5.74) is 4.47. The van der Waals surface area contributed by atoms with Gasteiger partial charge in [-0.05, 0) is 6.07 Å². The molecule has 0 aliphatic carbocycles. The molecule has 112 valence electrons. The van der Waals surface area contributed by atoms with Gasteiger partial charge in [0.1, 0.15) is 18.0 Å². The van der Waals surface area contributed by atoms with Gasteiger partial charge in [0.15, 0.2) is 12.4 Å². The van der Waals surface area contributed by atoms with Gasteiger partial charge in [0.05, 0.1) is 6.61 Å². The largest absolute Gasteiger partial charge is 0.394 e. The van der Waals surface area contributed by atoms with E-state index in [1.807, 2.05) is 0 Å². The summed E-state index contributed by atoms with van der Waals surface area (Å²) in [4.78, 5) is 23.7. The monoisotopic (exact) mass is 309 g/mol. The van der Waals surface area contributed by atoms with Crippen LogP contribution in [0.4, 0.5) is 10.2 Å². The summed E-state index contributed by atoms with van der Waals surface area (Å²) in [6.07, 6.45) is -4.78. The molecule has 1 aromatic heterocycles. The highest BCUT2D eigenvalue weighted by molar-refractivity contribution is 7.32. The fourth-order valence-corrected chi connectivity index (χ4v) is 2.46. The first-order valence-electron chi connectivity index (χ1n) is 5.58. The molecule has 2 rings (SSSR count). The van der Waals surface area contributed by atoms with Crippen molar-refractivity contribution in [1.29, 1.82) is 0 Å². The SMILES string of the molecule is Nc1ccn([C@@H]2O[C@H](CO)C(O[PH](=O)O)C2F)c(=O)n1. The average Bonchev–Trinajstić information content (AvgIpc) is 2.67. The van der Waals surface area contributed by atoms with Crippen LogP contribution in [0, 0.1) is 0 Å². The molecule has 1 fully saturated rings. The van der Waals surface area contributed by atoms with Crippen molar-refractivity contribution in [3.8, 4) is 0 Å². The van der Waals surface area contributed by atoms with Crippen LogP contribution in [0.15, 0.2) is 17.1 Å². The predicted octanol–water partition coefficient (Wildman–Crippen LogP) is -1.18. The second-order valence-electron chi connectivity index (χ2n) is 4.08. The van der Waals surface area contributed by atoms with Crippen LogP contribution in [-0.2, 0) is 13.8 Å². The average molecular weight is 309 g/mol. The van der Waals surface area contributed by atoms with Crippen molar-refractivity contribution >= 4 is 14.1 Å². The number of alkyl halides is 1. The number of ether oxygens (including phenoxy) is 1. The van der Waals surface area contributed by atoms with Crippen LogP contribution < -0.4 is 11.4 Å². The molecule has 1 aromatic rings. The third-order valence-electron chi connectivity index (χ3n) is 2.81. The number of nitrogens with two attached hydrogens (primary N) is 1. The Morgan fingerprint density at radius 3 is 2.90 bits per heavy atom. The Bertz CT molecular complexity index is 569. The maximum absolute atomic E-state index is 14.2. The summed E-state index contributed by atoms with van der Waals surface area (Å²) in [6.45, 7) is -0.631. The highest BCUT2D eigenvalue weighted by atomic mass is 31.1. The normalized spacial score (nSPS) is 31.4. The van der Waals surface area contributed by atoms with E-state index in [1.54, 1.807) is 0 Å². The van der Waals surface area contributed by atoms with Gasteiger partial charge in [0.2, 0.25) is 0 Å². The molecular weight excluding hydrogens is 296 g/mol. The number of aliphatic hydroxyl groups excluding tert-OH is 1. The number of hydrogen-bond acceptors (Lipinski definition) is 7. The summed E-state index contributed by atoms with van der Waals surface area (Å²) in [7, 11) is -3.42. The highest BCUT2D eigenvalue weighted by Gasteiger charge is 2.47. The zero-order valence-electron chi connectivity index (χ0n) is 10.0. The third-order valence-corrected chi connectivity index (χ3v) is 3.28. The Morgan fingerprint density at radius 1 is 1.65 bits per heavy atom. The molecule has 0 aromatic carbocycles. The van der Waals surface area contributed by atoms with Crippen molar-refractivity contribution in [2.75, 3.05) is 12.3 Å². The molecule has 9 nitrogen and oxygen atoms in total. The van der Waals surface area contributed by atoms with E-state index in [0.29, 0.717) is 0 Å². The molecule has 0 spiro atoms. The number of aliphatic hydroxyl groups is 1. The lowest BCUT2D eigenvalue weighted by Crippen LogP contribution is -2.34. The first-order chi connectivity index (χ1) is 9.43. The second kappa shape index (κ2) is 5.98. The molecule has 1 aliphatic heterocycles. The maximum Gasteiger partial charge on any atom is 0.351 e. The Morgan fingerprint density at radius 2 is 2.35 bits per heavy atom. The molecule has 0 radical (unpaired) electrons. The fraction of sp³-hybridized carbons (Fsp3) is 0.556. The molecule has 0 amide bonds. The van der Waals surface area contributed by atoms with Crippen LogP contribution in [0.2, 0.25) is 0 Å². The van der Waals surface area contributed by atoms with Crippen LogP contribution >= 0.6 is 8.25 Å². The van der Waals surface area contributed by atoms with E-state index in [-0.39, 0.29) is 5.82 Å². The van der Waals surface area contributed by atoms with Gasteiger partial charge in [-0.25, -0.2) is 9.18 Å². The fourth-order valence-electron chi connectivity index (χ4n) is 1.94. The molecule has 11 heteroatoms. The Hall–Kier alpha value is -1.32. The standard InChI is InChI=1S/C9H13FN3O6P/c10-6-7(19-20(16)17)4(3-14)18-8(6)13-2-1-5(11)12-9(13)15/h1-2,4,6-8,14,20H,3H2,(H,16,17)(H2,11,12,15)/t4-,6?,7?,8-/m1/s1. The number of nitrogen functional groups attached to an aromatic ring is 1. The molecule has 1 aliphatic rings. The van der Waals surface area contributed by atoms with Gasteiger partial charge < -0.3 is 25.0 Å². The molecule has 1 saturated heterocycles. The van der Waals surface area contributed by atoms with E-state index in [2.05, 4.69) is 9.51 Å². The first kappa shape index (κ1) is 15.1. The molecule has 3 unspecified atom stereocenters. The van der Waals surface area contributed by atoms with Gasteiger partial charge in [-0.15, -0.1) is 0 Å². The van der Waals surface area contributed by atoms with E-state index in [9.17, 15) is 13.8 Å². The van der Waals surface area contributed by atoms with Gasteiger partial charge in [-0.2, -0.15) is 4.98 Å². The predicted molar refractivity (Wildman–Crippen MR) is 64.9 cm³/mol. The quantitative estimate of drug-likeness (QED) is 0.591. The molecule has 4 N–H and O–H groups in total. The Labute approximate surface area is 112 Å². The zero-order chi connectivity index (χ0) is 14.9. The van der Waals surface area contributed by atoms with Crippen LogP contribution in [-0.4, -0.2) is 44.5 Å². The first-order valence-corrected chi connectivity index (χ1v) is 6.85. The van der Waals surface area contributed by atoms with E-state index in [1.165, 1.54) is 12.3 Å². The Balaban J connectivity index is 2.29. The smallest absolute Gasteiger partial charge is 0.351 e. The number of hydrogen-bond donors (Lipinski definition) is 3. The maximum atomic E-state index is 14.2. The lowest BCUT2D eigenvalue weighted by molar-refractivity contribution is -0.0469. The van der Waals surface area contributed by atoms with E-state index in [4.69, 9.17) is 20.5 Å².